The zero-order chi connectivity index (χ0) is 7.21. The largest absolute Gasteiger partial charge is 0.423 e. The van der Waals surface area contributed by atoms with Gasteiger partial charge in [-0.2, -0.15) is 8.42 Å². The fourth-order valence-electron chi connectivity index (χ4n) is 0. The van der Waals surface area contributed by atoms with Crippen LogP contribution in [0.3, 0.4) is 0 Å². The van der Waals surface area contributed by atoms with Crippen LogP contribution in [0.2, 0.25) is 0 Å². The summed E-state index contributed by atoms with van der Waals surface area (Å²) in [5, 5.41) is 7.06. The first-order valence-corrected chi connectivity index (χ1v) is 2.74. The van der Waals surface area contributed by atoms with Crippen LogP contribution in [0.5, 0.6) is 0 Å². The first-order valence-electron chi connectivity index (χ1n) is 1.03. The Kier molecular flexibility index (Phi) is 7.15. The number of hydrogen-bond donors (Lipinski definition) is 3. The molecule has 0 amide bonds. The first-order chi connectivity index (χ1) is 3.56. The van der Waals surface area contributed by atoms with Gasteiger partial charge in [0, 0.05) is 0 Å². The smallest absolute Gasteiger partial charge is 0.295 e. The summed E-state index contributed by atoms with van der Waals surface area (Å²) in [6.07, 6.45) is 0. The maximum atomic E-state index is 9.08. The van der Waals surface area contributed by atoms with Crippen molar-refractivity contribution in [2.24, 2.45) is 0 Å². The van der Waals surface area contributed by atoms with Gasteiger partial charge in [0.05, 0.1) is 11.9 Å². The van der Waals surface area contributed by atoms with Crippen LogP contribution in [0.4, 0.5) is 0 Å². The van der Waals surface area contributed by atoms with Crippen molar-refractivity contribution in [2.75, 3.05) is 0 Å². The van der Waals surface area contributed by atoms with Crippen molar-refractivity contribution in [3.63, 3.8) is 0 Å². The van der Waals surface area contributed by atoms with Crippen LogP contribution in [0, 0.1) is 0 Å². The third kappa shape index (κ3) is 16.5. The van der Waals surface area contributed by atoms with Gasteiger partial charge in [0.25, 0.3) is 0 Å². The van der Waals surface area contributed by atoms with Gasteiger partial charge < -0.3 is 0 Å². The Morgan fingerprint density at radius 3 is 1.50 bits per heavy atom. The molecule has 0 fully saturated rings. The van der Waals surface area contributed by atoms with E-state index in [4.69, 9.17) is 22.9 Å². The van der Waals surface area contributed by atoms with E-state index in [-0.39, 0.29) is 0 Å². The predicted octanol–water partition coefficient (Wildman–Crippen LogP) is -0.589. The molecule has 0 aliphatic rings. The molecule has 6 nitrogen and oxygen atoms in total. The first kappa shape index (κ1) is 11.0. The predicted molar refractivity (Wildman–Crippen MR) is 23.3 cm³/mol. The van der Waals surface area contributed by atoms with Gasteiger partial charge in [0.15, 0.2) is 0 Å². The van der Waals surface area contributed by atoms with Crippen LogP contribution in [0.1, 0.15) is 0 Å². The zero-order valence-corrected chi connectivity index (χ0v) is 4.93. The van der Waals surface area contributed by atoms with Gasteiger partial charge in [0.1, 0.15) is 0 Å². The maximum absolute atomic E-state index is 9.08. The van der Waals surface area contributed by atoms with E-state index in [1.807, 2.05) is 0 Å². The quantitative estimate of drug-likeness (QED) is 0.273. The van der Waals surface area contributed by atoms with Gasteiger partial charge in [-0.3, -0.25) is 9.21 Å². The van der Waals surface area contributed by atoms with Crippen molar-refractivity contribution >= 4 is 22.3 Å². The highest BCUT2D eigenvalue weighted by molar-refractivity contribution is 7.80. The summed E-state index contributed by atoms with van der Waals surface area (Å²) in [6, 6.07) is 0. The molecule has 0 aromatic carbocycles. The lowest BCUT2D eigenvalue weighted by Gasteiger charge is -1.79. The molecule has 0 saturated heterocycles. The minimum absolute atomic E-state index is 2.47. The van der Waals surface area contributed by atoms with E-state index >= 15 is 0 Å². The van der Waals surface area contributed by atoms with E-state index in [1.54, 1.807) is 0 Å². The molecule has 8 heteroatoms. The Morgan fingerprint density at radius 2 is 1.50 bits per heavy atom. The molecule has 0 aromatic rings. The van der Waals surface area contributed by atoms with Crippen LogP contribution >= 0.6 is 11.9 Å². The van der Waals surface area contributed by atoms with Crippen LogP contribution < -0.4 is 0 Å². The molecule has 0 saturated carbocycles. The van der Waals surface area contributed by atoms with Gasteiger partial charge in [-0.05, 0) is 0 Å². The Hall–Kier alpha value is 0.0800. The molecule has 0 aliphatic carbocycles. The van der Waals surface area contributed by atoms with Crippen LogP contribution in [-0.2, 0) is 14.7 Å². The van der Waals surface area contributed by atoms with E-state index in [9.17, 15) is 0 Å². The average molecular weight is 167 g/mol. The van der Waals surface area contributed by atoms with Gasteiger partial charge in [-0.25, -0.2) is 5.26 Å². The van der Waals surface area contributed by atoms with Gasteiger partial charge in [0.2, 0.25) is 0 Å². The summed E-state index contributed by atoms with van der Waals surface area (Å²) < 4.78 is 34.4. The molecule has 0 radical (unpaired) electrons. The van der Waals surface area contributed by atoms with Crippen molar-refractivity contribution in [1.29, 1.82) is 0 Å². The van der Waals surface area contributed by atoms with Crippen LogP contribution in [0.25, 0.3) is 0 Å². The second kappa shape index (κ2) is 5.22. The van der Waals surface area contributed by atoms with E-state index in [1.165, 1.54) is 0 Å². The van der Waals surface area contributed by atoms with Gasteiger partial charge in [-0.15, -0.1) is 0 Å². The normalized spacial score (nSPS) is 9.50. The highest BCUT2D eigenvalue weighted by Gasteiger charge is 1.97. The molecule has 0 unspecified atom stereocenters. The molecule has 0 aromatic heterocycles. The molecule has 0 heterocycles. The van der Waals surface area contributed by atoms with Crippen molar-refractivity contribution in [1.82, 2.24) is 0 Å². The molecule has 0 atom stereocenters. The third-order valence-electron chi connectivity index (χ3n) is 0.0942. The van der Waals surface area contributed by atoms with Crippen LogP contribution in [-0.4, -0.2) is 22.9 Å². The van der Waals surface area contributed by atoms with E-state index < -0.39 is 10.4 Å². The monoisotopic (exact) mass is 166 g/mol. The highest BCUT2D eigenvalue weighted by Crippen LogP contribution is 1.74. The zero-order valence-electron chi connectivity index (χ0n) is 3.35. The fourth-order valence-corrected chi connectivity index (χ4v) is 0. The van der Waals surface area contributed by atoms with E-state index in [0.717, 1.165) is 0 Å². The van der Waals surface area contributed by atoms with E-state index in [2.05, 4.69) is 16.2 Å². The van der Waals surface area contributed by atoms with Gasteiger partial charge in [-0.1, -0.05) is 4.33 Å². The summed E-state index contributed by atoms with van der Waals surface area (Å²) in [6.45, 7) is 0. The molecule has 0 aliphatic heterocycles. The molecular formula is H3ClO6S. The van der Waals surface area contributed by atoms with Crippen molar-refractivity contribution < 1.29 is 27.2 Å². The third-order valence-corrected chi connectivity index (χ3v) is 0.283. The lowest BCUT2D eigenvalue weighted by molar-refractivity contribution is -0.139. The standard InChI is InChI=1S/ClHO.H2O5S/c1-2;1-5-6(2,3)4/h2H;1H,(H,2,3,4). The molecule has 0 spiro atoms. The average Bonchev–Trinajstić information content (AvgIpc) is 1.71. The Labute approximate surface area is 50.3 Å². The highest BCUT2D eigenvalue weighted by atomic mass is 35.5. The number of rotatable bonds is 1. The van der Waals surface area contributed by atoms with Crippen molar-refractivity contribution in [3.05, 3.63) is 0 Å². The summed E-state index contributed by atoms with van der Waals surface area (Å²) in [4.78, 5) is 0. The fraction of sp³-hybridized carbons (Fsp3) is 0. The molecule has 3 N–H and O–H groups in total. The summed E-state index contributed by atoms with van der Waals surface area (Å²) >= 11 is 3.64. The van der Waals surface area contributed by atoms with E-state index in [0.29, 0.717) is 0 Å². The Balaban J connectivity index is 0. The van der Waals surface area contributed by atoms with Crippen LogP contribution in [0.15, 0.2) is 0 Å². The molecule has 52 valence electrons. The topological polar surface area (TPSA) is 104 Å². The molecule has 0 bridgehead atoms. The Morgan fingerprint density at radius 1 is 1.38 bits per heavy atom. The minimum atomic E-state index is -4.61. The summed E-state index contributed by atoms with van der Waals surface area (Å²) in [5.41, 5.74) is 0. The summed E-state index contributed by atoms with van der Waals surface area (Å²) in [5.74, 6) is 0. The lowest BCUT2D eigenvalue weighted by Crippen LogP contribution is -1.97. The number of halogens is 1. The second-order valence-electron chi connectivity index (χ2n) is 0.502. The second-order valence-corrected chi connectivity index (χ2v) is 1.51. The number of hydrogen-bond acceptors (Lipinski definition) is 5. The lowest BCUT2D eigenvalue weighted by atomic mass is 15.0. The summed E-state index contributed by atoms with van der Waals surface area (Å²) in [7, 11) is -4.61. The van der Waals surface area contributed by atoms with Crippen molar-refractivity contribution in [3.8, 4) is 0 Å². The molecule has 0 rings (SSSR count). The maximum Gasteiger partial charge on any atom is 0.423 e. The molecule has 8 heavy (non-hydrogen) atoms. The SMILES string of the molecule is O=S(=O)(O)OO.OCl. The van der Waals surface area contributed by atoms with Crippen molar-refractivity contribution in [2.45, 2.75) is 0 Å². The van der Waals surface area contributed by atoms with Gasteiger partial charge >= 0.3 is 10.4 Å². The minimum Gasteiger partial charge on any atom is -0.295 e. The molecular weight excluding hydrogens is 164 g/mol. The Bertz CT molecular complexity index is 110.